The number of carbonyl (C=O) groups excluding carboxylic acids is 1. The predicted octanol–water partition coefficient (Wildman–Crippen LogP) is 2.90. The zero-order valence-electron chi connectivity index (χ0n) is 12.7. The molecule has 1 amide bonds. The van der Waals surface area contributed by atoms with Gasteiger partial charge in [-0.1, -0.05) is 27.2 Å². The molecule has 3 fully saturated rings. The third-order valence-corrected chi connectivity index (χ3v) is 5.18. The van der Waals surface area contributed by atoms with Crippen molar-refractivity contribution in [3.05, 3.63) is 0 Å². The summed E-state index contributed by atoms with van der Waals surface area (Å²) in [6, 6.07) is 0. The molecule has 3 nitrogen and oxygen atoms in total. The van der Waals surface area contributed by atoms with Crippen molar-refractivity contribution in [1.82, 2.24) is 10.2 Å². The van der Waals surface area contributed by atoms with Gasteiger partial charge in [0.1, 0.15) is 0 Å². The lowest BCUT2D eigenvalue weighted by atomic mass is 9.99. The molecule has 3 aliphatic rings. The molecule has 0 aromatic heterocycles. The van der Waals surface area contributed by atoms with Gasteiger partial charge in [0.15, 0.2) is 0 Å². The highest BCUT2D eigenvalue weighted by Gasteiger charge is 2.60. The smallest absolute Gasteiger partial charge is 0.244 e. The zero-order chi connectivity index (χ0) is 13.7. The summed E-state index contributed by atoms with van der Waals surface area (Å²) < 4.78 is 0. The van der Waals surface area contributed by atoms with Crippen LogP contribution in [-0.4, -0.2) is 29.1 Å². The Morgan fingerprint density at radius 1 is 1.32 bits per heavy atom. The van der Waals surface area contributed by atoms with Crippen LogP contribution in [0.15, 0.2) is 0 Å². The molecule has 2 saturated carbocycles. The first-order valence-corrected chi connectivity index (χ1v) is 8.09. The van der Waals surface area contributed by atoms with Crippen LogP contribution in [0.5, 0.6) is 0 Å². The largest absolute Gasteiger partial charge is 0.325 e. The fourth-order valence-electron chi connectivity index (χ4n) is 3.73. The molecule has 19 heavy (non-hydrogen) atoms. The highest BCUT2D eigenvalue weighted by atomic mass is 16.2. The topological polar surface area (TPSA) is 32.3 Å². The van der Waals surface area contributed by atoms with E-state index >= 15 is 0 Å². The molecule has 1 unspecified atom stereocenters. The second-order valence-corrected chi connectivity index (χ2v) is 7.55. The molecule has 0 aromatic rings. The number of nitrogens with zero attached hydrogens (tertiary/aromatic N) is 1. The van der Waals surface area contributed by atoms with E-state index in [0.29, 0.717) is 23.4 Å². The third-order valence-electron chi connectivity index (χ3n) is 5.18. The first-order valence-electron chi connectivity index (χ1n) is 8.09. The minimum Gasteiger partial charge on any atom is -0.325 e. The Balaban J connectivity index is 1.71. The summed E-state index contributed by atoms with van der Waals surface area (Å²) in [5.74, 6) is 1.04. The lowest BCUT2D eigenvalue weighted by Crippen LogP contribution is -2.41. The summed E-state index contributed by atoms with van der Waals surface area (Å²) in [6.45, 7) is 7.77. The number of carbonyl (C=O) groups is 1. The van der Waals surface area contributed by atoms with E-state index in [0.717, 1.165) is 25.8 Å². The van der Waals surface area contributed by atoms with Gasteiger partial charge in [0.25, 0.3) is 0 Å². The minimum absolute atomic E-state index is 0.137. The van der Waals surface area contributed by atoms with Gasteiger partial charge in [-0.25, -0.2) is 0 Å². The molecule has 1 aliphatic heterocycles. The van der Waals surface area contributed by atoms with Crippen molar-refractivity contribution in [3.8, 4) is 0 Å². The lowest BCUT2D eigenvalue weighted by molar-refractivity contribution is -0.131. The number of nitrogens with one attached hydrogen (secondary N) is 1. The third kappa shape index (κ3) is 2.42. The number of rotatable bonds is 6. The Bertz CT molecular complexity index is 369. The summed E-state index contributed by atoms with van der Waals surface area (Å²) in [6.07, 6.45) is 8.68. The Hall–Kier alpha value is -0.570. The summed E-state index contributed by atoms with van der Waals surface area (Å²) >= 11 is 0. The fourth-order valence-corrected chi connectivity index (χ4v) is 3.73. The van der Waals surface area contributed by atoms with Crippen molar-refractivity contribution >= 4 is 5.91 Å². The van der Waals surface area contributed by atoms with Crippen molar-refractivity contribution in [2.45, 2.75) is 77.4 Å². The van der Waals surface area contributed by atoms with Crippen molar-refractivity contribution in [1.29, 1.82) is 0 Å². The van der Waals surface area contributed by atoms with Crippen LogP contribution in [0.1, 0.15) is 65.7 Å². The molecule has 0 radical (unpaired) electrons. The number of amides is 1. The van der Waals surface area contributed by atoms with E-state index in [2.05, 4.69) is 31.0 Å². The Kier molecular flexibility index (Phi) is 3.16. The van der Waals surface area contributed by atoms with E-state index in [4.69, 9.17) is 0 Å². The monoisotopic (exact) mass is 264 g/mol. The molecule has 3 rings (SSSR count). The summed E-state index contributed by atoms with van der Waals surface area (Å²) in [7, 11) is 0. The van der Waals surface area contributed by atoms with Crippen LogP contribution in [0.4, 0.5) is 0 Å². The molecule has 1 saturated heterocycles. The molecule has 2 aliphatic carbocycles. The normalized spacial score (nSPS) is 30.4. The van der Waals surface area contributed by atoms with E-state index in [9.17, 15) is 4.79 Å². The van der Waals surface area contributed by atoms with E-state index in [1.165, 1.54) is 25.7 Å². The van der Waals surface area contributed by atoms with Crippen LogP contribution in [0.3, 0.4) is 0 Å². The standard InChI is InChI=1S/C16H28N2O/c1-4-5-15(6-7-15)11-18-13(10-12(2)3)17-16(8-9-16)14(18)19/h12-13,17H,4-11H2,1-3H3. The quantitative estimate of drug-likeness (QED) is 0.800. The van der Waals surface area contributed by atoms with Crippen LogP contribution in [0.2, 0.25) is 0 Å². The molecule has 0 aromatic carbocycles. The molecule has 1 atom stereocenters. The van der Waals surface area contributed by atoms with Gasteiger partial charge >= 0.3 is 0 Å². The van der Waals surface area contributed by atoms with Gasteiger partial charge in [-0.2, -0.15) is 0 Å². The van der Waals surface area contributed by atoms with E-state index < -0.39 is 0 Å². The molecule has 108 valence electrons. The average Bonchev–Trinajstić information content (AvgIpc) is 3.21. The van der Waals surface area contributed by atoms with Crippen molar-refractivity contribution in [2.24, 2.45) is 11.3 Å². The SMILES string of the molecule is CCCC1(CN2C(=O)C3(CC3)NC2CC(C)C)CC1. The highest BCUT2D eigenvalue weighted by molar-refractivity contribution is 5.91. The second kappa shape index (κ2) is 4.47. The average molecular weight is 264 g/mol. The maximum absolute atomic E-state index is 12.7. The molecular formula is C16H28N2O. The first kappa shape index (κ1) is 13.4. The van der Waals surface area contributed by atoms with Gasteiger partial charge in [0.05, 0.1) is 11.7 Å². The summed E-state index contributed by atoms with van der Waals surface area (Å²) in [5.41, 5.74) is 0.337. The van der Waals surface area contributed by atoms with E-state index in [1.807, 2.05) is 0 Å². The van der Waals surface area contributed by atoms with Crippen LogP contribution in [-0.2, 0) is 4.79 Å². The van der Waals surface area contributed by atoms with Gasteiger partial charge in [-0.15, -0.1) is 0 Å². The second-order valence-electron chi connectivity index (χ2n) is 7.55. The molecule has 1 N–H and O–H groups in total. The first-order chi connectivity index (χ1) is 9.00. The summed E-state index contributed by atoms with van der Waals surface area (Å²) in [4.78, 5) is 14.9. The molecule has 1 heterocycles. The highest BCUT2D eigenvalue weighted by Crippen LogP contribution is 2.52. The van der Waals surface area contributed by atoms with Crippen molar-refractivity contribution in [3.63, 3.8) is 0 Å². The zero-order valence-corrected chi connectivity index (χ0v) is 12.7. The van der Waals surface area contributed by atoms with Gasteiger partial charge in [-0.3, -0.25) is 10.1 Å². The van der Waals surface area contributed by atoms with Crippen LogP contribution in [0.25, 0.3) is 0 Å². The van der Waals surface area contributed by atoms with Crippen molar-refractivity contribution in [2.75, 3.05) is 6.54 Å². The Morgan fingerprint density at radius 3 is 2.47 bits per heavy atom. The van der Waals surface area contributed by atoms with Crippen LogP contribution < -0.4 is 5.32 Å². The van der Waals surface area contributed by atoms with Gasteiger partial charge < -0.3 is 4.90 Å². The van der Waals surface area contributed by atoms with E-state index in [-0.39, 0.29) is 5.54 Å². The molecular weight excluding hydrogens is 236 g/mol. The molecule has 1 spiro atoms. The predicted molar refractivity (Wildman–Crippen MR) is 76.6 cm³/mol. The van der Waals surface area contributed by atoms with Gasteiger partial charge in [-0.05, 0) is 49.9 Å². The fraction of sp³-hybridized carbons (Fsp3) is 0.938. The van der Waals surface area contributed by atoms with Crippen LogP contribution in [0, 0.1) is 11.3 Å². The van der Waals surface area contributed by atoms with Gasteiger partial charge in [0.2, 0.25) is 5.91 Å². The minimum atomic E-state index is -0.137. The van der Waals surface area contributed by atoms with Crippen molar-refractivity contribution < 1.29 is 4.79 Å². The van der Waals surface area contributed by atoms with Gasteiger partial charge in [0, 0.05) is 6.54 Å². The maximum atomic E-state index is 12.7. The van der Waals surface area contributed by atoms with Crippen LogP contribution >= 0.6 is 0 Å². The maximum Gasteiger partial charge on any atom is 0.244 e. The lowest BCUT2D eigenvalue weighted by Gasteiger charge is -2.29. The Morgan fingerprint density at radius 2 is 2.00 bits per heavy atom. The van der Waals surface area contributed by atoms with E-state index in [1.54, 1.807) is 0 Å². The summed E-state index contributed by atoms with van der Waals surface area (Å²) in [5, 5.41) is 3.64. The molecule has 0 bridgehead atoms. The Labute approximate surface area is 117 Å². The number of hydrogen-bond acceptors (Lipinski definition) is 2. The molecule has 3 heteroatoms. The number of hydrogen-bond donors (Lipinski definition) is 1.